The normalized spacial score (nSPS) is 20.0. The highest BCUT2D eigenvalue weighted by Crippen LogP contribution is 2.34. The van der Waals surface area contributed by atoms with E-state index in [-0.39, 0.29) is 37.4 Å². The average molecular weight is 715 g/mol. The summed E-state index contributed by atoms with van der Waals surface area (Å²) in [7, 11) is 1.69. The Labute approximate surface area is 294 Å². The van der Waals surface area contributed by atoms with Crippen LogP contribution in [0.5, 0.6) is 0 Å². The molecule has 50 heavy (non-hydrogen) atoms. The Kier molecular flexibility index (Phi) is 14.5. The zero-order chi connectivity index (χ0) is 38.4. The number of likely N-dealkylation sites (tertiary alicyclic amines) is 1. The maximum atomic E-state index is 14.3. The van der Waals surface area contributed by atoms with Crippen molar-refractivity contribution in [3.05, 3.63) is 12.7 Å². The van der Waals surface area contributed by atoms with Gasteiger partial charge in [-0.05, 0) is 48.3 Å². The predicted octanol–water partition coefficient (Wildman–Crippen LogP) is 3.56. The van der Waals surface area contributed by atoms with Gasteiger partial charge in [-0.1, -0.05) is 61.5 Å². The summed E-state index contributed by atoms with van der Waals surface area (Å²) in [5.74, 6) is -4.40. The molecule has 2 rings (SSSR count). The SMILES string of the molecule is C=CCNC(=O)C(=O)C(CCC(F)(F)F)NC(=O)[C@@H]1C(C(C)C)CCN1C(=O)[C@@H](NC(=O)N[C@H](CN(C)C(=O)C1CC1)C(C)(C)C)C(C)(C)C. The number of nitrogens with one attached hydrogen (secondary N) is 4. The Balaban J connectivity index is 2.34. The van der Waals surface area contributed by atoms with Crippen LogP contribution < -0.4 is 21.3 Å². The lowest BCUT2D eigenvalue weighted by atomic mass is 9.84. The van der Waals surface area contributed by atoms with Gasteiger partial charge in [-0.15, -0.1) is 6.58 Å². The Morgan fingerprint density at radius 3 is 2.00 bits per heavy atom. The standard InChI is InChI=1S/C35H57F3N6O6/c1-11-17-39-29(47)26(45)23(14-16-35(36,37)38)40-28(46)25-22(20(2)3)15-18-44(25)31(49)27(34(7,8)9)42-32(50)41-24(33(4,5)6)19-43(10)30(48)21-12-13-21/h11,20-25,27H,1,12-19H2,2-10H3,(H,39,47)(H,40,46)(H2,41,42,50)/t22?,23?,24-,25+,27-/m1/s1. The molecule has 1 heterocycles. The fourth-order valence-electron chi connectivity index (χ4n) is 6.03. The molecular weight excluding hydrogens is 657 g/mol. The molecule has 12 nitrogen and oxygen atoms in total. The Morgan fingerprint density at radius 2 is 1.52 bits per heavy atom. The van der Waals surface area contributed by atoms with E-state index in [0.717, 1.165) is 12.8 Å². The number of amides is 6. The van der Waals surface area contributed by atoms with E-state index in [1.54, 1.807) is 32.7 Å². The van der Waals surface area contributed by atoms with E-state index in [1.165, 1.54) is 11.0 Å². The number of alkyl halides is 3. The summed E-state index contributed by atoms with van der Waals surface area (Å²) >= 11 is 0. The molecule has 0 radical (unpaired) electrons. The van der Waals surface area contributed by atoms with Gasteiger partial charge < -0.3 is 31.1 Å². The summed E-state index contributed by atoms with van der Waals surface area (Å²) in [6, 6.07) is -5.23. The van der Waals surface area contributed by atoms with Gasteiger partial charge in [-0.3, -0.25) is 24.0 Å². The molecule has 1 saturated carbocycles. The van der Waals surface area contributed by atoms with Crippen molar-refractivity contribution in [3.63, 3.8) is 0 Å². The van der Waals surface area contributed by atoms with Gasteiger partial charge in [0.05, 0.1) is 12.1 Å². The highest BCUT2D eigenvalue weighted by molar-refractivity contribution is 6.38. The molecule has 0 aromatic rings. The molecule has 2 aliphatic rings. The number of nitrogens with zero attached hydrogens (tertiary/aromatic N) is 2. The van der Waals surface area contributed by atoms with E-state index < -0.39 is 89.5 Å². The molecule has 2 unspecified atom stereocenters. The van der Waals surface area contributed by atoms with Crippen molar-refractivity contribution in [2.45, 2.75) is 118 Å². The first-order valence-electron chi connectivity index (χ1n) is 17.3. The van der Waals surface area contributed by atoms with Crippen LogP contribution in [0.15, 0.2) is 12.7 Å². The van der Waals surface area contributed by atoms with Crippen LogP contribution in [0.2, 0.25) is 0 Å². The van der Waals surface area contributed by atoms with Gasteiger partial charge >= 0.3 is 12.2 Å². The number of hydrogen-bond acceptors (Lipinski definition) is 6. The fraction of sp³-hybridized carbons (Fsp3) is 0.771. The van der Waals surface area contributed by atoms with Crippen LogP contribution in [0.4, 0.5) is 18.0 Å². The smallest absolute Gasteiger partial charge is 0.346 e. The van der Waals surface area contributed by atoms with E-state index in [1.807, 2.05) is 34.6 Å². The lowest BCUT2D eigenvalue weighted by molar-refractivity contribution is -0.147. The minimum absolute atomic E-state index is 0.00469. The monoisotopic (exact) mass is 714 g/mol. The quantitative estimate of drug-likeness (QED) is 0.150. The Bertz CT molecular complexity index is 1270. The lowest BCUT2D eigenvalue weighted by Gasteiger charge is -2.38. The van der Waals surface area contributed by atoms with Crippen molar-refractivity contribution < 1.29 is 41.9 Å². The third kappa shape index (κ3) is 12.3. The molecule has 4 N–H and O–H groups in total. The van der Waals surface area contributed by atoms with Crippen LogP contribution in [-0.4, -0.2) is 102 Å². The van der Waals surface area contributed by atoms with Gasteiger partial charge in [0.25, 0.3) is 5.91 Å². The summed E-state index contributed by atoms with van der Waals surface area (Å²) in [5, 5.41) is 10.3. The van der Waals surface area contributed by atoms with Crippen LogP contribution in [0.3, 0.4) is 0 Å². The van der Waals surface area contributed by atoms with Crippen LogP contribution >= 0.6 is 0 Å². The van der Waals surface area contributed by atoms with E-state index >= 15 is 0 Å². The topological polar surface area (TPSA) is 157 Å². The third-order valence-electron chi connectivity index (χ3n) is 9.33. The van der Waals surface area contributed by atoms with Crippen LogP contribution in [-0.2, 0) is 24.0 Å². The van der Waals surface area contributed by atoms with Gasteiger partial charge in [-0.25, -0.2) is 4.79 Å². The van der Waals surface area contributed by atoms with Gasteiger partial charge in [0, 0.05) is 39.0 Å². The van der Waals surface area contributed by atoms with E-state index in [9.17, 15) is 41.9 Å². The third-order valence-corrected chi connectivity index (χ3v) is 9.33. The van der Waals surface area contributed by atoms with Crippen LogP contribution in [0, 0.1) is 28.6 Å². The number of likely N-dealkylation sites (N-methyl/N-ethyl adjacent to an activating group) is 1. The number of hydrogen-bond donors (Lipinski definition) is 4. The second-order valence-corrected chi connectivity index (χ2v) is 16.1. The van der Waals surface area contributed by atoms with Crippen LogP contribution in [0.25, 0.3) is 0 Å². The number of ketones is 1. The molecule has 6 amide bonds. The zero-order valence-electron chi connectivity index (χ0n) is 31.0. The maximum Gasteiger partial charge on any atom is 0.389 e. The zero-order valence-corrected chi connectivity index (χ0v) is 31.0. The van der Waals surface area contributed by atoms with Crippen molar-refractivity contribution in [3.8, 4) is 0 Å². The summed E-state index contributed by atoms with van der Waals surface area (Å²) in [4.78, 5) is 82.6. The minimum atomic E-state index is -4.66. The Morgan fingerprint density at radius 1 is 0.920 bits per heavy atom. The second-order valence-electron chi connectivity index (χ2n) is 16.1. The largest absolute Gasteiger partial charge is 0.389 e. The first-order chi connectivity index (χ1) is 22.9. The summed E-state index contributed by atoms with van der Waals surface area (Å²) in [6.45, 7) is 18.4. The molecule has 1 aliphatic carbocycles. The molecule has 1 saturated heterocycles. The van der Waals surface area contributed by atoms with Crippen molar-refractivity contribution in [1.29, 1.82) is 0 Å². The highest BCUT2D eigenvalue weighted by atomic mass is 19.4. The number of rotatable bonds is 15. The molecule has 15 heteroatoms. The van der Waals surface area contributed by atoms with Crippen molar-refractivity contribution in [2.75, 3.05) is 26.7 Å². The first kappa shape index (κ1) is 42.5. The highest BCUT2D eigenvalue weighted by Gasteiger charge is 2.48. The van der Waals surface area contributed by atoms with Gasteiger partial charge in [0.2, 0.25) is 23.5 Å². The van der Waals surface area contributed by atoms with Gasteiger partial charge in [-0.2, -0.15) is 13.2 Å². The number of Topliss-reactive ketones (excluding diaryl/α,β-unsaturated/α-hetero) is 1. The Hall–Kier alpha value is -3.65. The summed E-state index contributed by atoms with van der Waals surface area (Å²) < 4.78 is 39.6. The van der Waals surface area contributed by atoms with Gasteiger partial charge in [0.1, 0.15) is 12.1 Å². The molecule has 0 bridgehead atoms. The molecular formula is C35H57F3N6O6. The molecule has 1 aliphatic heterocycles. The molecule has 0 aromatic carbocycles. The summed E-state index contributed by atoms with van der Waals surface area (Å²) in [5.41, 5.74) is -1.31. The van der Waals surface area contributed by atoms with Crippen molar-refractivity contribution in [2.24, 2.45) is 28.6 Å². The van der Waals surface area contributed by atoms with E-state index in [0.29, 0.717) is 6.42 Å². The number of carbonyl (C=O) groups excluding carboxylic acids is 6. The molecule has 5 atom stereocenters. The van der Waals surface area contributed by atoms with E-state index in [2.05, 4.69) is 27.8 Å². The fourth-order valence-corrected chi connectivity index (χ4v) is 6.03. The second kappa shape index (κ2) is 17.0. The summed E-state index contributed by atoms with van der Waals surface area (Å²) in [6.07, 6.45) is -3.59. The van der Waals surface area contributed by atoms with E-state index in [4.69, 9.17) is 0 Å². The number of carbonyl (C=O) groups is 6. The van der Waals surface area contributed by atoms with Crippen molar-refractivity contribution >= 4 is 35.4 Å². The molecule has 2 fully saturated rings. The average Bonchev–Trinajstić information content (AvgIpc) is 3.74. The maximum absolute atomic E-state index is 14.3. The number of halogens is 3. The molecule has 0 aromatic heterocycles. The molecule has 0 spiro atoms. The predicted molar refractivity (Wildman–Crippen MR) is 182 cm³/mol. The minimum Gasteiger partial charge on any atom is -0.346 e. The first-order valence-corrected chi connectivity index (χ1v) is 17.3. The van der Waals surface area contributed by atoms with Gasteiger partial charge in [0.15, 0.2) is 0 Å². The lowest BCUT2D eigenvalue weighted by Crippen LogP contribution is -2.62. The number of urea groups is 1. The van der Waals surface area contributed by atoms with Crippen molar-refractivity contribution in [1.82, 2.24) is 31.1 Å². The van der Waals surface area contributed by atoms with Crippen LogP contribution in [0.1, 0.15) is 87.5 Å². The molecule has 284 valence electrons.